The van der Waals surface area contributed by atoms with Crippen molar-refractivity contribution < 1.29 is 4.74 Å². The van der Waals surface area contributed by atoms with Gasteiger partial charge in [-0.15, -0.1) is 0 Å². The standard InChI is InChI=1S/C18H28BrNO/c1-2-3-4-5-6-11-21-14-16-8-7-15(12-18(16)19)13-20-17-9-10-17/h7-8,12,17,20H,2-6,9-11,13-14H2,1H3. The minimum Gasteiger partial charge on any atom is -0.377 e. The first-order chi connectivity index (χ1) is 10.3. The van der Waals surface area contributed by atoms with Gasteiger partial charge in [-0.2, -0.15) is 0 Å². The van der Waals surface area contributed by atoms with Gasteiger partial charge in [0.1, 0.15) is 0 Å². The number of rotatable bonds is 11. The summed E-state index contributed by atoms with van der Waals surface area (Å²) in [5.74, 6) is 0. The monoisotopic (exact) mass is 353 g/mol. The van der Waals surface area contributed by atoms with Gasteiger partial charge in [0.25, 0.3) is 0 Å². The normalized spacial score (nSPS) is 14.6. The molecule has 0 saturated heterocycles. The molecular formula is C18H28BrNO. The Morgan fingerprint density at radius 1 is 1.19 bits per heavy atom. The van der Waals surface area contributed by atoms with Gasteiger partial charge in [-0.1, -0.05) is 60.7 Å². The zero-order valence-electron chi connectivity index (χ0n) is 13.2. The molecule has 2 rings (SSSR count). The van der Waals surface area contributed by atoms with Gasteiger partial charge in [0.2, 0.25) is 0 Å². The average molecular weight is 354 g/mol. The summed E-state index contributed by atoms with van der Waals surface area (Å²) in [5, 5.41) is 3.54. The summed E-state index contributed by atoms with van der Waals surface area (Å²) in [6.45, 7) is 4.81. The summed E-state index contributed by atoms with van der Waals surface area (Å²) in [4.78, 5) is 0. The summed E-state index contributed by atoms with van der Waals surface area (Å²) in [6.07, 6.45) is 9.14. The summed E-state index contributed by atoms with van der Waals surface area (Å²) in [5.41, 5.74) is 2.59. The van der Waals surface area contributed by atoms with E-state index >= 15 is 0 Å². The van der Waals surface area contributed by atoms with Crippen LogP contribution in [-0.2, 0) is 17.9 Å². The molecule has 21 heavy (non-hydrogen) atoms. The third-order valence-electron chi connectivity index (χ3n) is 3.94. The van der Waals surface area contributed by atoms with Crippen molar-refractivity contribution >= 4 is 15.9 Å². The van der Waals surface area contributed by atoms with E-state index in [0.717, 1.165) is 19.2 Å². The van der Waals surface area contributed by atoms with Crippen molar-refractivity contribution in [3.8, 4) is 0 Å². The van der Waals surface area contributed by atoms with Gasteiger partial charge in [-0.25, -0.2) is 0 Å². The second-order valence-electron chi connectivity index (χ2n) is 6.05. The molecule has 1 aliphatic rings. The van der Waals surface area contributed by atoms with E-state index in [0.29, 0.717) is 6.61 Å². The first kappa shape index (κ1) is 17.0. The molecule has 1 aliphatic carbocycles. The molecule has 1 N–H and O–H groups in total. The molecule has 1 aromatic rings. The van der Waals surface area contributed by atoms with Crippen LogP contribution in [-0.4, -0.2) is 12.6 Å². The number of benzene rings is 1. The summed E-state index contributed by atoms with van der Waals surface area (Å²) in [7, 11) is 0. The van der Waals surface area contributed by atoms with Crippen LogP contribution in [0.15, 0.2) is 22.7 Å². The highest BCUT2D eigenvalue weighted by Gasteiger charge is 2.19. The van der Waals surface area contributed by atoms with E-state index in [1.165, 1.54) is 60.5 Å². The van der Waals surface area contributed by atoms with Crippen molar-refractivity contribution in [2.75, 3.05) is 6.61 Å². The topological polar surface area (TPSA) is 21.3 Å². The lowest BCUT2D eigenvalue weighted by atomic mass is 10.1. The second kappa shape index (κ2) is 9.60. The predicted octanol–water partition coefficient (Wildman–Crippen LogP) is 5.19. The lowest BCUT2D eigenvalue weighted by Crippen LogP contribution is -2.15. The van der Waals surface area contributed by atoms with Crippen LogP contribution in [0.4, 0.5) is 0 Å². The van der Waals surface area contributed by atoms with E-state index in [-0.39, 0.29) is 0 Å². The Balaban J connectivity index is 1.63. The Labute approximate surface area is 137 Å². The van der Waals surface area contributed by atoms with Gasteiger partial charge in [0, 0.05) is 23.7 Å². The maximum atomic E-state index is 5.78. The molecule has 0 atom stereocenters. The Morgan fingerprint density at radius 2 is 2.00 bits per heavy atom. The molecule has 0 amide bonds. The fourth-order valence-corrected chi connectivity index (χ4v) is 2.90. The SMILES string of the molecule is CCCCCCCOCc1ccc(CNC2CC2)cc1Br. The van der Waals surface area contributed by atoms with Crippen LogP contribution in [0.1, 0.15) is 63.0 Å². The highest BCUT2D eigenvalue weighted by Crippen LogP contribution is 2.22. The highest BCUT2D eigenvalue weighted by atomic mass is 79.9. The van der Waals surface area contributed by atoms with E-state index in [4.69, 9.17) is 4.74 Å². The highest BCUT2D eigenvalue weighted by molar-refractivity contribution is 9.10. The molecule has 2 nitrogen and oxygen atoms in total. The van der Waals surface area contributed by atoms with Crippen LogP contribution >= 0.6 is 15.9 Å². The summed E-state index contributed by atoms with van der Waals surface area (Å²) >= 11 is 3.67. The summed E-state index contributed by atoms with van der Waals surface area (Å²) < 4.78 is 6.95. The molecule has 0 spiro atoms. The average Bonchev–Trinajstić information content (AvgIpc) is 3.30. The molecule has 0 unspecified atom stereocenters. The van der Waals surface area contributed by atoms with Crippen molar-refractivity contribution in [3.63, 3.8) is 0 Å². The van der Waals surface area contributed by atoms with E-state index in [1.54, 1.807) is 0 Å². The number of halogens is 1. The second-order valence-corrected chi connectivity index (χ2v) is 6.90. The molecule has 0 aliphatic heterocycles. The maximum Gasteiger partial charge on any atom is 0.0727 e. The molecule has 0 radical (unpaired) electrons. The Kier molecular flexibility index (Phi) is 7.76. The number of hydrogen-bond donors (Lipinski definition) is 1. The third kappa shape index (κ3) is 6.94. The zero-order chi connectivity index (χ0) is 14.9. The Morgan fingerprint density at radius 3 is 2.71 bits per heavy atom. The van der Waals surface area contributed by atoms with Crippen LogP contribution in [0.5, 0.6) is 0 Å². The molecule has 0 bridgehead atoms. The van der Waals surface area contributed by atoms with Gasteiger partial charge in [0.15, 0.2) is 0 Å². The first-order valence-corrected chi connectivity index (χ1v) is 9.17. The van der Waals surface area contributed by atoms with Crippen molar-refractivity contribution in [2.45, 2.75) is 71.1 Å². The number of unbranched alkanes of at least 4 members (excludes halogenated alkanes) is 4. The van der Waals surface area contributed by atoms with Crippen LogP contribution in [0.3, 0.4) is 0 Å². The minimum atomic E-state index is 0.713. The Bertz CT molecular complexity index is 418. The molecule has 1 aromatic carbocycles. The quantitative estimate of drug-likeness (QED) is 0.552. The van der Waals surface area contributed by atoms with Crippen molar-refractivity contribution in [3.05, 3.63) is 33.8 Å². The van der Waals surface area contributed by atoms with E-state index in [1.807, 2.05) is 0 Å². The van der Waals surface area contributed by atoms with E-state index < -0.39 is 0 Å². The van der Waals surface area contributed by atoms with E-state index in [2.05, 4.69) is 46.4 Å². The lowest BCUT2D eigenvalue weighted by molar-refractivity contribution is 0.116. The van der Waals surface area contributed by atoms with E-state index in [9.17, 15) is 0 Å². The van der Waals surface area contributed by atoms with Crippen LogP contribution in [0, 0.1) is 0 Å². The molecule has 118 valence electrons. The van der Waals surface area contributed by atoms with Gasteiger partial charge in [-0.05, 0) is 36.5 Å². The largest absolute Gasteiger partial charge is 0.377 e. The maximum absolute atomic E-state index is 5.78. The van der Waals surface area contributed by atoms with Gasteiger partial charge < -0.3 is 10.1 Å². The van der Waals surface area contributed by atoms with Crippen molar-refractivity contribution in [2.24, 2.45) is 0 Å². The van der Waals surface area contributed by atoms with Crippen LogP contribution < -0.4 is 5.32 Å². The number of hydrogen-bond acceptors (Lipinski definition) is 2. The lowest BCUT2D eigenvalue weighted by Gasteiger charge is -2.09. The molecule has 0 aromatic heterocycles. The van der Waals surface area contributed by atoms with Crippen molar-refractivity contribution in [1.82, 2.24) is 5.32 Å². The van der Waals surface area contributed by atoms with Crippen LogP contribution in [0.2, 0.25) is 0 Å². The summed E-state index contributed by atoms with van der Waals surface area (Å²) in [6, 6.07) is 7.38. The van der Waals surface area contributed by atoms with Gasteiger partial charge in [-0.3, -0.25) is 0 Å². The minimum absolute atomic E-state index is 0.713. The smallest absolute Gasteiger partial charge is 0.0727 e. The van der Waals surface area contributed by atoms with Crippen LogP contribution in [0.25, 0.3) is 0 Å². The number of ether oxygens (including phenoxy) is 1. The molecule has 1 fully saturated rings. The molecular weight excluding hydrogens is 326 g/mol. The molecule has 1 saturated carbocycles. The fraction of sp³-hybridized carbons (Fsp3) is 0.667. The fourth-order valence-electron chi connectivity index (χ4n) is 2.36. The van der Waals surface area contributed by atoms with Gasteiger partial charge in [0.05, 0.1) is 6.61 Å². The molecule has 0 heterocycles. The predicted molar refractivity (Wildman–Crippen MR) is 92.4 cm³/mol. The molecule has 3 heteroatoms. The van der Waals surface area contributed by atoms with Gasteiger partial charge >= 0.3 is 0 Å². The number of nitrogens with one attached hydrogen (secondary N) is 1. The Hall–Kier alpha value is -0.380. The van der Waals surface area contributed by atoms with Crippen molar-refractivity contribution in [1.29, 1.82) is 0 Å². The first-order valence-electron chi connectivity index (χ1n) is 8.38. The zero-order valence-corrected chi connectivity index (χ0v) is 14.8. The third-order valence-corrected chi connectivity index (χ3v) is 4.68.